The molecule has 7 atom stereocenters. The van der Waals surface area contributed by atoms with E-state index < -0.39 is 84.4 Å². The van der Waals surface area contributed by atoms with Crippen molar-refractivity contribution >= 4 is 47.2 Å². The standard InChI is InChI=1S/C41H55N7O8/c1-6-19-46-27(5)35(49)42-26(4)37(51)48-23-25(3)21-34(48)40(54)56-24-32(38(52)47-20-11-14-33(47)39(46)53)44-36(50)31(22-29-12-9-8-10-13-29)45-41(55)43-30-17-15-28(7-2)16-18-30/h8-10,12-13,15-18,25-27,31-34H,6-7,11,14,19-24H2,1-5H3,(H,42,49)(H,44,50)(H2,43,45,55). The fourth-order valence-corrected chi connectivity index (χ4v) is 7.63. The summed E-state index contributed by atoms with van der Waals surface area (Å²) in [5.41, 5.74) is 2.35. The molecule has 2 aromatic rings. The van der Waals surface area contributed by atoms with E-state index in [4.69, 9.17) is 4.74 Å². The van der Waals surface area contributed by atoms with Crippen LogP contribution in [0, 0.1) is 5.92 Å². The molecule has 0 spiro atoms. The molecule has 15 heteroatoms. The van der Waals surface area contributed by atoms with Gasteiger partial charge in [0.05, 0.1) is 0 Å². The number of anilines is 1. The minimum absolute atomic E-state index is 0.0545. The van der Waals surface area contributed by atoms with Crippen molar-refractivity contribution in [3.8, 4) is 0 Å². The predicted molar refractivity (Wildman–Crippen MR) is 208 cm³/mol. The van der Waals surface area contributed by atoms with Crippen molar-refractivity contribution < 1.29 is 38.3 Å². The molecule has 56 heavy (non-hydrogen) atoms. The van der Waals surface area contributed by atoms with Crippen molar-refractivity contribution in [1.29, 1.82) is 0 Å². The van der Waals surface area contributed by atoms with Crippen molar-refractivity contribution in [3.05, 3.63) is 65.7 Å². The molecule has 0 radical (unpaired) electrons. The van der Waals surface area contributed by atoms with Crippen molar-refractivity contribution in [2.45, 2.75) is 109 Å². The molecule has 3 aliphatic heterocycles. The SMILES string of the molecule is CCCN1C(=O)C2CCCN2C(=O)C(NC(=O)C(Cc2ccccc2)NC(=O)Nc2ccc(CC)cc2)COC(=O)C2CC(C)CN2C(=O)C(C)NC(=O)C1C. The van der Waals surface area contributed by atoms with Gasteiger partial charge in [0.1, 0.15) is 42.9 Å². The number of amides is 7. The lowest BCUT2D eigenvalue weighted by atomic mass is 10.0. The number of aryl methyl sites for hydroxylation is 1. The molecule has 15 nitrogen and oxygen atoms in total. The van der Waals surface area contributed by atoms with E-state index in [2.05, 4.69) is 21.3 Å². The van der Waals surface area contributed by atoms with E-state index in [1.807, 2.05) is 51.1 Å². The molecular formula is C41H55N7O8. The van der Waals surface area contributed by atoms with Gasteiger partial charge in [-0.1, -0.05) is 63.2 Å². The number of fused-ring (bicyclic) bond motifs is 2. The van der Waals surface area contributed by atoms with Crippen molar-refractivity contribution in [3.63, 3.8) is 0 Å². The van der Waals surface area contributed by atoms with Crippen LogP contribution in [-0.4, -0.2) is 119 Å². The van der Waals surface area contributed by atoms with Gasteiger partial charge in [-0.05, 0) is 75.1 Å². The summed E-state index contributed by atoms with van der Waals surface area (Å²) >= 11 is 0. The predicted octanol–water partition coefficient (Wildman–Crippen LogP) is 2.38. The highest BCUT2D eigenvalue weighted by atomic mass is 16.5. The molecule has 3 fully saturated rings. The number of nitrogens with zero attached hydrogens (tertiary/aromatic N) is 3. The number of urea groups is 1. The number of hydrogen-bond acceptors (Lipinski definition) is 8. The summed E-state index contributed by atoms with van der Waals surface area (Å²) in [5, 5.41) is 11.0. The number of carbonyl (C=O) groups is 7. The Bertz CT molecular complexity index is 1760. The maximum Gasteiger partial charge on any atom is 0.328 e. The summed E-state index contributed by atoms with van der Waals surface area (Å²) in [6, 6.07) is 9.23. The highest BCUT2D eigenvalue weighted by Crippen LogP contribution is 2.26. The van der Waals surface area contributed by atoms with Crippen LogP contribution < -0.4 is 21.3 Å². The molecule has 0 aromatic heterocycles. The average Bonchev–Trinajstić information content (AvgIpc) is 3.84. The van der Waals surface area contributed by atoms with Crippen molar-refractivity contribution in [1.82, 2.24) is 30.7 Å². The van der Waals surface area contributed by atoms with Crippen LogP contribution in [0.4, 0.5) is 10.5 Å². The van der Waals surface area contributed by atoms with E-state index in [0.717, 1.165) is 17.5 Å². The lowest BCUT2D eigenvalue weighted by Crippen LogP contribution is -2.61. The zero-order valence-corrected chi connectivity index (χ0v) is 32.9. The van der Waals surface area contributed by atoms with Crippen LogP contribution in [0.15, 0.2) is 54.6 Å². The van der Waals surface area contributed by atoms with Gasteiger partial charge >= 0.3 is 12.0 Å². The second kappa shape index (κ2) is 18.9. The normalized spacial score (nSPS) is 25.5. The number of hydrogen-bond donors (Lipinski definition) is 4. The number of esters is 1. The fourth-order valence-electron chi connectivity index (χ4n) is 7.63. The smallest absolute Gasteiger partial charge is 0.328 e. The summed E-state index contributed by atoms with van der Waals surface area (Å²) in [6.07, 6.45) is 2.55. The zero-order chi connectivity index (χ0) is 40.5. The second-order valence-corrected chi connectivity index (χ2v) is 15.1. The van der Waals surface area contributed by atoms with E-state index in [0.29, 0.717) is 31.4 Å². The summed E-state index contributed by atoms with van der Waals surface area (Å²) in [5.74, 6) is -3.63. The molecule has 3 aliphatic rings. The topological polar surface area (TPSA) is 187 Å². The van der Waals surface area contributed by atoms with Crippen LogP contribution in [0.2, 0.25) is 0 Å². The monoisotopic (exact) mass is 773 g/mol. The molecule has 4 N–H and O–H groups in total. The lowest BCUT2D eigenvalue weighted by molar-refractivity contribution is -0.158. The molecule has 3 saturated heterocycles. The Hall–Kier alpha value is -5.47. The minimum Gasteiger partial charge on any atom is -0.461 e. The maximum absolute atomic E-state index is 14.5. The van der Waals surface area contributed by atoms with E-state index >= 15 is 0 Å². The van der Waals surface area contributed by atoms with E-state index in [1.54, 1.807) is 38.1 Å². The lowest BCUT2D eigenvalue weighted by Gasteiger charge is -2.36. The molecular weight excluding hydrogens is 718 g/mol. The molecule has 0 bridgehead atoms. The Balaban J connectivity index is 1.45. The highest BCUT2D eigenvalue weighted by Gasteiger charge is 2.45. The quantitative estimate of drug-likeness (QED) is 0.280. The van der Waals surface area contributed by atoms with Gasteiger partial charge in [0.25, 0.3) is 0 Å². The fraction of sp³-hybridized carbons (Fsp3) is 0.537. The van der Waals surface area contributed by atoms with Gasteiger partial charge in [-0.3, -0.25) is 24.0 Å². The summed E-state index contributed by atoms with van der Waals surface area (Å²) in [7, 11) is 0. The third-order valence-corrected chi connectivity index (χ3v) is 10.7. The van der Waals surface area contributed by atoms with E-state index in [-0.39, 0.29) is 32.0 Å². The Kier molecular flexibility index (Phi) is 14.1. The molecule has 7 unspecified atom stereocenters. The highest BCUT2D eigenvalue weighted by molar-refractivity contribution is 5.98. The number of ether oxygens (including phenoxy) is 1. The average molecular weight is 774 g/mol. The first-order valence-electron chi connectivity index (χ1n) is 19.7. The molecule has 0 saturated carbocycles. The van der Waals surface area contributed by atoms with E-state index in [1.165, 1.54) is 14.7 Å². The molecule has 7 amide bonds. The van der Waals surface area contributed by atoms with Gasteiger partial charge in [0.15, 0.2) is 0 Å². The van der Waals surface area contributed by atoms with Crippen LogP contribution in [0.3, 0.4) is 0 Å². The first-order chi connectivity index (χ1) is 26.8. The van der Waals surface area contributed by atoms with Gasteiger partial charge in [0, 0.05) is 31.7 Å². The third kappa shape index (κ3) is 10.0. The molecule has 5 rings (SSSR count). The number of nitrogens with one attached hydrogen (secondary N) is 4. The van der Waals surface area contributed by atoms with Gasteiger partial charge in [-0.2, -0.15) is 0 Å². The van der Waals surface area contributed by atoms with Crippen LogP contribution in [0.5, 0.6) is 0 Å². The van der Waals surface area contributed by atoms with Gasteiger partial charge in [0.2, 0.25) is 29.5 Å². The summed E-state index contributed by atoms with van der Waals surface area (Å²) < 4.78 is 5.75. The summed E-state index contributed by atoms with van der Waals surface area (Å²) in [4.78, 5) is 101. The Morgan fingerprint density at radius 3 is 2.27 bits per heavy atom. The largest absolute Gasteiger partial charge is 0.461 e. The molecule has 3 heterocycles. The van der Waals surface area contributed by atoms with Gasteiger partial charge in [-0.25, -0.2) is 9.59 Å². The Labute approximate surface area is 328 Å². The van der Waals surface area contributed by atoms with Crippen molar-refractivity contribution in [2.75, 3.05) is 31.6 Å². The molecule has 302 valence electrons. The number of carbonyl (C=O) groups excluding carboxylic acids is 7. The Morgan fingerprint density at radius 1 is 0.875 bits per heavy atom. The number of rotatable bonds is 9. The molecule has 2 aromatic carbocycles. The van der Waals surface area contributed by atoms with Crippen molar-refractivity contribution in [2.24, 2.45) is 5.92 Å². The Morgan fingerprint density at radius 2 is 1.59 bits per heavy atom. The number of cyclic esters (lactones) is 1. The van der Waals surface area contributed by atoms with E-state index in [9.17, 15) is 33.6 Å². The van der Waals surface area contributed by atoms with Crippen LogP contribution in [-0.2, 0) is 46.3 Å². The second-order valence-electron chi connectivity index (χ2n) is 15.1. The van der Waals surface area contributed by atoms with Gasteiger partial charge < -0.3 is 40.7 Å². The maximum atomic E-state index is 14.5. The summed E-state index contributed by atoms with van der Waals surface area (Å²) in [6.45, 7) is 9.01. The van der Waals surface area contributed by atoms with Gasteiger partial charge in [-0.15, -0.1) is 0 Å². The molecule has 0 aliphatic carbocycles. The van der Waals surface area contributed by atoms with Crippen LogP contribution >= 0.6 is 0 Å². The number of benzene rings is 2. The van der Waals surface area contributed by atoms with Crippen LogP contribution in [0.25, 0.3) is 0 Å². The minimum atomic E-state index is -1.44. The zero-order valence-electron chi connectivity index (χ0n) is 32.9. The van der Waals surface area contributed by atoms with Crippen LogP contribution in [0.1, 0.15) is 71.4 Å². The third-order valence-electron chi connectivity index (χ3n) is 10.7. The first kappa shape index (κ1) is 41.7. The first-order valence-corrected chi connectivity index (χ1v) is 19.7.